The van der Waals surface area contributed by atoms with E-state index in [1.165, 1.54) is 0 Å². The number of anilines is 1. The molecule has 0 saturated carbocycles. The largest absolute Gasteiger partial charge is 0.359 e. The van der Waals surface area contributed by atoms with Crippen LogP contribution >= 0.6 is 0 Å². The lowest BCUT2D eigenvalue weighted by Crippen LogP contribution is -2.30. The zero-order valence-electron chi connectivity index (χ0n) is 10.1. The van der Waals surface area contributed by atoms with Crippen LogP contribution in [-0.2, 0) is 0 Å². The molecule has 0 aliphatic rings. The molecule has 0 aliphatic heterocycles. The number of pyridine rings is 1. The van der Waals surface area contributed by atoms with Crippen LogP contribution in [0.2, 0.25) is 0 Å². The van der Waals surface area contributed by atoms with Crippen molar-refractivity contribution < 1.29 is 0 Å². The molecule has 1 unspecified atom stereocenters. The van der Waals surface area contributed by atoms with Gasteiger partial charge in [-0.3, -0.25) is 0 Å². The Morgan fingerprint density at radius 1 is 1.47 bits per heavy atom. The molecule has 0 fully saturated rings. The van der Waals surface area contributed by atoms with Crippen molar-refractivity contribution in [3.8, 4) is 0 Å². The van der Waals surface area contributed by atoms with Gasteiger partial charge in [-0.2, -0.15) is 0 Å². The molecule has 0 aliphatic carbocycles. The van der Waals surface area contributed by atoms with Crippen molar-refractivity contribution >= 4 is 5.82 Å². The molecule has 0 aromatic carbocycles. The minimum Gasteiger partial charge on any atom is -0.359 e. The standard InChI is InChI=1S/C12H21N3/c1-10(8-13-3)9-15(4)12-7-5-6-11(2)14-12/h5-7,10,13H,8-9H2,1-4H3. The molecule has 1 atom stereocenters. The van der Waals surface area contributed by atoms with Gasteiger partial charge in [0.25, 0.3) is 0 Å². The van der Waals surface area contributed by atoms with Gasteiger partial charge in [0.1, 0.15) is 5.82 Å². The molecule has 84 valence electrons. The summed E-state index contributed by atoms with van der Waals surface area (Å²) in [5, 5.41) is 3.19. The van der Waals surface area contributed by atoms with E-state index in [1.54, 1.807) is 0 Å². The van der Waals surface area contributed by atoms with Crippen molar-refractivity contribution in [1.29, 1.82) is 0 Å². The fraction of sp³-hybridized carbons (Fsp3) is 0.583. The number of rotatable bonds is 5. The number of hydrogen-bond donors (Lipinski definition) is 1. The summed E-state index contributed by atoms with van der Waals surface area (Å²) in [6.07, 6.45) is 0. The number of hydrogen-bond acceptors (Lipinski definition) is 3. The van der Waals surface area contributed by atoms with Crippen LogP contribution in [-0.4, -0.2) is 32.2 Å². The van der Waals surface area contributed by atoms with E-state index in [4.69, 9.17) is 0 Å². The van der Waals surface area contributed by atoms with Gasteiger partial charge < -0.3 is 10.2 Å². The second-order valence-corrected chi connectivity index (χ2v) is 4.18. The van der Waals surface area contributed by atoms with Crippen LogP contribution in [0.1, 0.15) is 12.6 Å². The van der Waals surface area contributed by atoms with Crippen molar-refractivity contribution in [3.63, 3.8) is 0 Å². The Labute approximate surface area is 92.5 Å². The molecular formula is C12H21N3. The fourth-order valence-corrected chi connectivity index (χ4v) is 1.72. The molecule has 1 N–H and O–H groups in total. The predicted octanol–water partition coefficient (Wildman–Crippen LogP) is 1.68. The van der Waals surface area contributed by atoms with E-state index in [9.17, 15) is 0 Å². The van der Waals surface area contributed by atoms with Gasteiger partial charge >= 0.3 is 0 Å². The van der Waals surface area contributed by atoms with Gasteiger partial charge in [-0.25, -0.2) is 4.98 Å². The van der Waals surface area contributed by atoms with E-state index in [1.807, 2.05) is 20.0 Å². The second kappa shape index (κ2) is 5.71. The maximum atomic E-state index is 4.49. The van der Waals surface area contributed by atoms with Gasteiger partial charge in [-0.15, -0.1) is 0 Å². The monoisotopic (exact) mass is 207 g/mol. The number of nitrogens with zero attached hydrogens (tertiary/aromatic N) is 2. The molecule has 0 saturated heterocycles. The van der Waals surface area contributed by atoms with Gasteiger partial charge in [-0.05, 0) is 38.6 Å². The third-order valence-corrected chi connectivity index (χ3v) is 2.40. The quantitative estimate of drug-likeness (QED) is 0.796. The first kappa shape index (κ1) is 12.0. The molecule has 0 radical (unpaired) electrons. The van der Waals surface area contributed by atoms with Gasteiger partial charge in [0.05, 0.1) is 0 Å². The lowest BCUT2D eigenvalue weighted by atomic mass is 10.1. The van der Waals surface area contributed by atoms with Crippen molar-refractivity contribution in [1.82, 2.24) is 10.3 Å². The topological polar surface area (TPSA) is 28.2 Å². The molecule has 0 spiro atoms. The highest BCUT2D eigenvalue weighted by molar-refractivity contribution is 5.37. The molecular weight excluding hydrogens is 186 g/mol. The highest BCUT2D eigenvalue weighted by Crippen LogP contribution is 2.10. The first-order valence-corrected chi connectivity index (χ1v) is 5.43. The Balaban J connectivity index is 2.56. The number of nitrogens with one attached hydrogen (secondary N) is 1. The van der Waals surface area contributed by atoms with Crippen LogP contribution in [0.3, 0.4) is 0 Å². The molecule has 3 heteroatoms. The molecule has 15 heavy (non-hydrogen) atoms. The molecule has 1 aromatic rings. The maximum absolute atomic E-state index is 4.49. The van der Waals surface area contributed by atoms with E-state index in [2.05, 4.69) is 41.3 Å². The zero-order valence-corrected chi connectivity index (χ0v) is 10.1. The molecule has 1 heterocycles. The molecule has 0 amide bonds. The number of aromatic nitrogens is 1. The third kappa shape index (κ3) is 3.88. The van der Waals surface area contributed by atoms with E-state index in [0.717, 1.165) is 24.6 Å². The lowest BCUT2D eigenvalue weighted by molar-refractivity contribution is 0.541. The Bertz CT molecular complexity index is 299. The van der Waals surface area contributed by atoms with Gasteiger partial charge in [0, 0.05) is 19.3 Å². The summed E-state index contributed by atoms with van der Waals surface area (Å²) in [6, 6.07) is 6.13. The van der Waals surface area contributed by atoms with Gasteiger partial charge in [0.2, 0.25) is 0 Å². The highest BCUT2D eigenvalue weighted by atomic mass is 15.2. The Kier molecular flexibility index (Phi) is 4.56. The average Bonchev–Trinajstić information content (AvgIpc) is 2.18. The Morgan fingerprint density at radius 2 is 2.20 bits per heavy atom. The normalized spacial score (nSPS) is 12.5. The summed E-state index contributed by atoms with van der Waals surface area (Å²) < 4.78 is 0. The summed E-state index contributed by atoms with van der Waals surface area (Å²) in [5.74, 6) is 1.68. The maximum Gasteiger partial charge on any atom is 0.128 e. The van der Waals surface area contributed by atoms with E-state index in [0.29, 0.717) is 5.92 Å². The Morgan fingerprint density at radius 3 is 2.80 bits per heavy atom. The van der Waals surface area contributed by atoms with Crippen LogP contribution in [0.4, 0.5) is 5.82 Å². The third-order valence-electron chi connectivity index (χ3n) is 2.40. The van der Waals surface area contributed by atoms with Crippen LogP contribution in [0.5, 0.6) is 0 Å². The minimum atomic E-state index is 0.627. The van der Waals surface area contributed by atoms with Crippen molar-refractivity contribution in [3.05, 3.63) is 23.9 Å². The molecule has 3 nitrogen and oxygen atoms in total. The van der Waals surface area contributed by atoms with Crippen molar-refractivity contribution in [2.75, 3.05) is 32.1 Å². The molecule has 0 bridgehead atoms. The summed E-state index contributed by atoms with van der Waals surface area (Å²) in [4.78, 5) is 6.70. The lowest BCUT2D eigenvalue weighted by Gasteiger charge is -2.22. The van der Waals surface area contributed by atoms with E-state index < -0.39 is 0 Å². The van der Waals surface area contributed by atoms with Crippen LogP contribution in [0.15, 0.2) is 18.2 Å². The average molecular weight is 207 g/mol. The van der Waals surface area contributed by atoms with E-state index >= 15 is 0 Å². The van der Waals surface area contributed by atoms with Gasteiger partial charge in [0.15, 0.2) is 0 Å². The predicted molar refractivity (Wildman–Crippen MR) is 65.3 cm³/mol. The Hall–Kier alpha value is -1.09. The smallest absolute Gasteiger partial charge is 0.128 e. The first-order valence-electron chi connectivity index (χ1n) is 5.43. The number of aryl methyl sites for hydroxylation is 1. The van der Waals surface area contributed by atoms with Gasteiger partial charge in [-0.1, -0.05) is 13.0 Å². The van der Waals surface area contributed by atoms with Crippen LogP contribution in [0.25, 0.3) is 0 Å². The minimum absolute atomic E-state index is 0.627. The summed E-state index contributed by atoms with van der Waals surface area (Å²) in [5.41, 5.74) is 1.07. The van der Waals surface area contributed by atoms with Crippen molar-refractivity contribution in [2.45, 2.75) is 13.8 Å². The van der Waals surface area contributed by atoms with Crippen LogP contribution < -0.4 is 10.2 Å². The SMILES string of the molecule is CNCC(C)CN(C)c1cccc(C)n1. The summed E-state index contributed by atoms with van der Waals surface area (Å²) >= 11 is 0. The highest BCUT2D eigenvalue weighted by Gasteiger charge is 2.07. The van der Waals surface area contributed by atoms with Crippen LogP contribution in [0, 0.1) is 12.8 Å². The molecule has 1 rings (SSSR count). The first-order chi connectivity index (χ1) is 7.13. The summed E-state index contributed by atoms with van der Waals surface area (Å²) in [7, 11) is 4.08. The summed E-state index contributed by atoms with van der Waals surface area (Å²) in [6.45, 7) is 6.32. The van der Waals surface area contributed by atoms with Crippen molar-refractivity contribution in [2.24, 2.45) is 5.92 Å². The zero-order chi connectivity index (χ0) is 11.3. The second-order valence-electron chi connectivity index (χ2n) is 4.18. The molecule has 1 aromatic heterocycles. The van der Waals surface area contributed by atoms with E-state index in [-0.39, 0.29) is 0 Å². The fourth-order valence-electron chi connectivity index (χ4n) is 1.72.